The van der Waals surface area contributed by atoms with Gasteiger partial charge < -0.3 is 20.4 Å². The number of rotatable bonds is 5. The van der Waals surface area contributed by atoms with Crippen LogP contribution in [-0.4, -0.2) is 27.3 Å². The van der Waals surface area contributed by atoms with E-state index in [0.717, 1.165) is 11.5 Å². The van der Waals surface area contributed by atoms with E-state index in [1.54, 1.807) is 25.4 Å². The summed E-state index contributed by atoms with van der Waals surface area (Å²) in [4.78, 5) is 11.8. The second kappa shape index (κ2) is 6.25. The third-order valence-corrected chi connectivity index (χ3v) is 3.07. The SMILES string of the molecule is CCOC(=O)c1cc(NC(C)c2nncn2C)ccc1N. The van der Waals surface area contributed by atoms with Crippen molar-refractivity contribution < 1.29 is 9.53 Å². The molecule has 0 aliphatic heterocycles. The van der Waals surface area contributed by atoms with Gasteiger partial charge in [0.05, 0.1) is 18.2 Å². The van der Waals surface area contributed by atoms with Crippen LogP contribution in [0.2, 0.25) is 0 Å². The van der Waals surface area contributed by atoms with Crippen molar-refractivity contribution in [1.82, 2.24) is 14.8 Å². The van der Waals surface area contributed by atoms with Crippen LogP contribution in [0.1, 0.15) is 36.1 Å². The molecule has 21 heavy (non-hydrogen) atoms. The molecule has 7 heteroatoms. The summed E-state index contributed by atoms with van der Waals surface area (Å²) in [7, 11) is 1.88. The number of aryl methyl sites for hydroxylation is 1. The Bertz CT molecular complexity index is 638. The molecule has 0 radical (unpaired) electrons. The minimum absolute atomic E-state index is 0.0591. The van der Waals surface area contributed by atoms with E-state index in [9.17, 15) is 4.79 Å². The molecular formula is C14H19N5O2. The molecule has 2 rings (SSSR count). The van der Waals surface area contributed by atoms with Gasteiger partial charge in [-0.15, -0.1) is 10.2 Å². The number of hydrogen-bond donors (Lipinski definition) is 2. The zero-order valence-electron chi connectivity index (χ0n) is 12.3. The molecule has 7 nitrogen and oxygen atoms in total. The van der Waals surface area contributed by atoms with Crippen molar-refractivity contribution >= 4 is 17.3 Å². The normalized spacial score (nSPS) is 12.0. The van der Waals surface area contributed by atoms with Gasteiger partial charge in [0.25, 0.3) is 0 Å². The van der Waals surface area contributed by atoms with E-state index in [1.165, 1.54) is 0 Å². The number of ether oxygens (including phenoxy) is 1. The zero-order chi connectivity index (χ0) is 15.4. The topological polar surface area (TPSA) is 95.1 Å². The van der Waals surface area contributed by atoms with Gasteiger partial charge >= 0.3 is 5.97 Å². The van der Waals surface area contributed by atoms with Crippen LogP contribution >= 0.6 is 0 Å². The van der Waals surface area contributed by atoms with E-state index >= 15 is 0 Å². The first-order valence-electron chi connectivity index (χ1n) is 6.70. The van der Waals surface area contributed by atoms with Gasteiger partial charge in [0.1, 0.15) is 6.33 Å². The van der Waals surface area contributed by atoms with Crippen molar-refractivity contribution in [3.63, 3.8) is 0 Å². The molecule has 0 saturated carbocycles. The van der Waals surface area contributed by atoms with Gasteiger partial charge in [-0.2, -0.15) is 0 Å². The molecule has 1 unspecified atom stereocenters. The average Bonchev–Trinajstić information content (AvgIpc) is 2.87. The molecule has 1 atom stereocenters. The molecule has 0 amide bonds. The van der Waals surface area contributed by atoms with Gasteiger partial charge in [-0.05, 0) is 32.0 Å². The van der Waals surface area contributed by atoms with Crippen LogP contribution in [0.3, 0.4) is 0 Å². The summed E-state index contributed by atoms with van der Waals surface area (Å²) in [6, 6.07) is 5.11. The number of hydrogen-bond acceptors (Lipinski definition) is 6. The Balaban J connectivity index is 2.19. The van der Waals surface area contributed by atoms with E-state index < -0.39 is 5.97 Å². The summed E-state index contributed by atoms with van der Waals surface area (Å²) in [5, 5.41) is 11.2. The van der Waals surface area contributed by atoms with Crippen molar-refractivity contribution in [2.45, 2.75) is 19.9 Å². The van der Waals surface area contributed by atoms with Crippen LogP contribution in [-0.2, 0) is 11.8 Å². The maximum atomic E-state index is 11.8. The monoisotopic (exact) mass is 289 g/mol. The number of nitrogens with zero attached hydrogens (tertiary/aromatic N) is 3. The van der Waals surface area contributed by atoms with Crippen molar-refractivity contribution in [2.24, 2.45) is 7.05 Å². The molecule has 1 heterocycles. The number of nitrogens with one attached hydrogen (secondary N) is 1. The summed E-state index contributed by atoms with van der Waals surface area (Å²) in [5.41, 5.74) is 7.33. The maximum Gasteiger partial charge on any atom is 0.340 e. The Labute approximate surface area is 123 Å². The second-order valence-corrected chi connectivity index (χ2v) is 4.69. The number of anilines is 2. The number of esters is 1. The lowest BCUT2D eigenvalue weighted by Crippen LogP contribution is -2.13. The molecular weight excluding hydrogens is 270 g/mol. The largest absolute Gasteiger partial charge is 0.462 e. The average molecular weight is 289 g/mol. The number of nitrogens with two attached hydrogens (primary N) is 1. The lowest BCUT2D eigenvalue weighted by atomic mass is 10.1. The molecule has 0 saturated heterocycles. The molecule has 3 N–H and O–H groups in total. The van der Waals surface area contributed by atoms with Gasteiger partial charge in [0.15, 0.2) is 5.82 Å². The van der Waals surface area contributed by atoms with Crippen molar-refractivity contribution in [1.29, 1.82) is 0 Å². The smallest absolute Gasteiger partial charge is 0.340 e. The van der Waals surface area contributed by atoms with Crippen molar-refractivity contribution in [3.8, 4) is 0 Å². The highest BCUT2D eigenvalue weighted by Crippen LogP contribution is 2.22. The first-order chi connectivity index (χ1) is 10.0. The first kappa shape index (κ1) is 14.8. The van der Waals surface area contributed by atoms with E-state index in [-0.39, 0.29) is 6.04 Å². The van der Waals surface area contributed by atoms with E-state index in [1.807, 2.05) is 24.6 Å². The highest BCUT2D eigenvalue weighted by atomic mass is 16.5. The third-order valence-electron chi connectivity index (χ3n) is 3.07. The Hall–Kier alpha value is -2.57. The molecule has 112 valence electrons. The summed E-state index contributed by atoms with van der Waals surface area (Å²) in [6.45, 7) is 4.03. The second-order valence-electron chi connectivity index (χ2n) is 4.69. The Morgan fingerprint density at radius 1 is 1.52 bits per heavy atom. The minimum atomic E-state index is -0.426. The minimum Gasteiger partial charge on any atom is -0.462 e. The highest BCUT2D eigenvalue weighted by Gasteiger charge is 2.14. The van der Waals surface area contributed by atoms with Crippen LogP contribution in [0.5, 0.6) is 0 Å². The molecule has 0 spiro atoms. The maximum absolute atomic E-state index is 11.8. The third kappa shape index (κ3) is 3.31. The molecule has 0 aliphatic rings. The van der Waals surface area contributed by atoms with Gasteiger partial charge in [-0.1, -0.05) is 0 Å². The fraction of sp³-hybridized carbons (Fsp3) is 0.357. The summed E-state index contributed by atoms with van der Waals surface area (Å²) in [6.07, 6.45) is 1.64. The summed E-state index contributed by atoms with van der Waals surface area (Å²) in [5.74, 6) is 0.370. The van der Waals surface area contributed by atoms with E-state index in [4.69, 9.17) is 10.5 Å². The van der Waals surface area contributed by atoms with Crippen LogP contribution in [0.15, 0.2) is 24.5 Å². The van der Waals surface area contributed by atoms with Gasteiger partial charge in [-0.25, -0.2) is 4.79 Å². The molecule has 0 aliphatic carbocycles. The van der Waals surface area contributed by atoms with Gasteiger partial charge in [0.2, 0.25) is 0 Å². The standard InChI is InChI=1S/C14H19N5O2/c1-4-21-14(20)11-7-10(5-6-12(11)15)17-9(2)13-18-16-8-19(13)3/h5-9,17H,4,15H2,1-3H3. The molecule has 0 fully saturated rings. The molecule has 1 aromatic carbocycles. The van der Waals surface area contributed by atoms with Gasteiger partial charge in [0, 0.05) is 18.4 Å². The number of carbonyl (C=O) groups excluding carboxylic acids is 1. The molecule has 1 aromatic heterocycles. The van der Waals surface area contributed by atoms with Crippen molar-refractivity contribution in [3.05, 3.63) is 35.9 Å². The van der Waals surface area contributed by atoms with Crippen LogP contribution < -0.4 is 11.1 Å². The van der Waals surface area contributed by atoms with Crippen LogP contribution in [0, 0.1) is 0 Å². The van der Waals surface area contributed by atoms with Crippen LogP contribution in [0.4, 0.5) is 11.4 Å². The van der Waals surface area contributed by atoms with E-state index in [0.29, 0.717) is 17.9 Å². The van der Waals surface area contributed by atoms with Crippen LogP contribution in [0.25, 0.3) is 0 Å². The summed E-state index contributed by atoms with van der Waals surface area (Å²) >= 11 is 0. The number of nitrogen functional groups attached to an aromatic ring is 1. The highest BCUT2D eigenvalue weighted by molar-refractivity contribution is 5.96. The Morgan fingerprint density at radius 3 is 2.90 bits per heavy atom. The predicted octanol–water partition coefficient (Wildman–Crippen LogP) is 1.75. The molecule has 2 aromatic rings. The van der Waals surface area contributed by atoms with Gasteiger partial charge in [-0.3, -0.25) is 0 Å². The Kier molecular flexibility index (Phi) is 4.42. The lowest BCUT2D eigenvalue weighted by Gasteiger charge is -2.15. The number of aromatic nitrogens is 3. The zero-order valence-corrected chi connectivity index (χ0v) is 12.3. The number of benzene rings is 1. The lowest BCUT2D eigenvalue weighted by molar-refractivity contribution is 0.0527. The predicted molar refractivity (Wildman–Crippen MR) is 79.9 cm³/mol. The Morgan fingerprint density at radius 2 is 2.29 bits per heavy atom. The quantitative estimate of drug-likeness (QED) is 0.643. The summed E-state index contributed by atoms with van der Waals surface area (Å²) < 4.78 is 6.82. The molecule has 0 bridgehead atoms. The fourth-order valence-corrected chi connectivity index (χ4v) is 2.03. The fourth-order valence-electron chi connectivity index (χ4n) is 2.03. The van der Waals surface area contributed by atoms with E-state index in [2.05, 4.69) is 15.5 Å². The number of carbonyl (C=O) groups is 1. The van der Waals surface area contributed by atoms with Crippen molar-refractivity contribution in [2.75, 3.05) is 17.7 Å². The first-order valence-corrected chi connectivity index (χ1v) is 6.70.